The number of carbonyl (C=O) groups excluding carboxylic acids is 1. The molecule has 12 heavy (non-hydrogen) atoms. The van der Waals surface area contributed by atoms with Gasteiger partial charge in [-0.25, -0.2) is 4.79 Å². The maximum Gasteiger partial charge on any atom is 0.406 e. The molecule has 3 heteroatoms. The minimum Gasteiger partial charge on any atom is -0.449 e. The summed E-state index contributed by atoms with van der Waals surface area (Å²) >= 11 is 0. The molecule has 0 bridgehead atoms. The van der Waals surface area contributed by atoms with Crippen LogP contribution in [-0.4, -0.2) is 19.7 Å². The summed E-state index contributed by atoms with van der Waals surface area (Å²) in [6.45, 7) is 0.459. The Balaban J connectivity index is 2.19. The molecule has 0 aromatic heterocycles. The Hall–Kier alpha value is -1.25. The minimum atomic E-state index is -0.363. The number of hydrogen-bond acceptors (Lipinski definition) is 2. The first-order chi connectivity index (χ1) is 5.83. The van der Waals surface area contributed by atoms with Crippen molar-refractivity contribution in [2.45, 2.75) is 6.42 Å². The van der Waals surface area contributed by atoms with E-state index in [1.165, 1.54) is 0 Å². The Morgan fingerprint density at radius 1 is 1.67 bits per heavy atom. The largest absolute Gasteiger partial charge is 0.449 e. The van der Waals surface area contributed by atoms with Crippen LogP contribution in [0.25, 0.3) is 0 Å². The molecule has 0 aliphatic heterocycles. The second kappa shape index (κ2) is 4.59. The lowest BCUT2D eigenvalue weighted by Gasteiger charge is -2.12. The van der Waals surface area contributed by atoms with Crippen LogP contribution in [0.15, 0.2) is 24.3 Å². The van der Waals surface area contributed by atoms with E-state index in [1.807, 2.05) is 18.2 Å². The number of allylic oxidation sites excluding steroid dienone is 3. The molecule has 1 N–H and O–H groups in total. The van der Waals surface area contributed by atoms with Crippen molar-refractivity contribution in [3.05, 3.63) is 24.3 Å². The molecular weight excluding hydrogens is 154 g/mol. The van der Waals surface area contributed by atoms with Crippen molar-refractivity contribution < 1.29 is 9.53 Å². The van der Waals surface area contributed by atoms with E-state index in [4.69, 9.17) is 4.74 Å². The molecule has 0 heterocycles. The second-order valence-corrected chi connectivity index (χ2v) is 2.66. The standard InChI is InChI=1S/C9H13NO2/c1-10-9(11)12-7-8-5-3-2-4-6-8/h2-5,8H,6-7H2,1H3,(H,10,11). The van der Waals surface area contributed by atoms with Gasteiger partial charge in [-0.2, -0.15) is 0 Å². The minimum absolute atomic E-state index is 0.340. The van der Waals surface area contributed by atoms with E-state index in [0.717, 1.165) is 6.42 Å². The van der Waals surface area contributed by atoms with Crippen LogP contribution in [0.2, 0.25) is 0 Å². The predicted molar refractivity (Wildman–Crippen MR) is 46.8 cm³/mol. The van der Waals surface area contributed by atoms with Crippen molar-refractivity contribution in [3.8, 4) is 0 Å². The summed E-state index contributed by atoms with van der Waals surface area (Å²) in [5.41, 5.74) is 0. The molecule has 66 valence electrons. The van der Waals surface area contributed by atoms with Crippen molar-refractivity contribution in [1.82, 2.24) is 5.32 Å². The fourth-order valence-electron chi connectivity index (χ4n) is 1.01. The van der Waals surface area contributed by atoms with E-state index < -0.39 is 0 Å². The zero-order valence-electron chi connectivity index (χ0n) is 7.12. The van der Waals surface area contributed by atoms with Gasteiger partial charge in [-0.15, -0.1) is 0 Å². The molecule has 1 aliphatic carbocycles. The first-order valence-corrected chi connectivity index (χ1v) is 4.01. The van der Waals surface area contributed by atoms with Crippen molar-refractivity contribution in [3.63, 3.8) is 0 Å². The van der Waals surface area contributed by atoms with Gasteiger partial charge >= 0.3 is 6.09 Å². The smallest absolute Gasteiger partial charge is 0.406 e. The van der Waals surface area contributed by atoms with Gasteiger partial charge in [-0.3, -0.25) is 0 Å². The van der Waals surface area contributed by atoms with Gasteiger partial charge in [-0.05, 0) is 6.42 Å². The average molecular weight is 167 g/mol. The van der Waals surface area contributed by atoms with E-state index in [2.05, 4.69) is 11.4 Å². The van der Waals surface area contributed by atoms with Gasteiger partial charge < -0.3 is 10.1 Å². The molecule has 3 nitrogen and oxygen atoms in total. The van der Waals surface area contributed by atoms with E-state index >= 15 is 0 Å². The molecule has 0 spiro atoms. The maximum atomic E-state index is 10.7. The predicted octanol–water partition coefficient (Wildman–Crippen LogP) is 1.47. The first-order valence-electron chi connectivity index (χ1n) is 4.01. The topological polar surface area (TPSA) is 38.3 Å². The van der Waals surface area contributed by atoms with Gasteiger partial charge in [0.25, 0.3) is 0 Å². The normalized spacial score (nSPS) is 20.6. The number of nitrogens with one attached hydrogen (secondary N) is 1. The molecule has 0 radical (unpaired) electrons. The van der Waals surface area contributed by atoms with Gasteiger partial charge in [0, 0.05) is 13.0 Å². The molecule has 0 saturated carbocycles. The molecular formula is C9H13NO2. The summed E-state index contributed by atoms with van der Waals surface area (Å²) in [5, 5.41) is 2.40. The highest BCUT2D eigenvalue weighted by molar-refractivity contribution is 5.66. The van der Waals surface area contributed by atoms with E-state index in [0.29, 0.717) is 12.5 Å². The summed E-state index contributed by atoms with van der Waals surface area (Å²) in [5.74, 6) is 0.340. The van der Waals surface area contributed by atoms with Crippen LogP contribution in [0.4, 0.5) is 4.79 Å². The number of hydrogen-bond donors (Lipinski definition) is 1. The summed E-state index contributed by atoms with van der Waals surface area (Å²) in [6.07, 6.45) is 8.67. The lowest BCUT2D eigenvalue weighted by Crippen LogP contribution is -2.22. The van der Waals surface area contributed by atoms with Crippen LogP contribution in [0.5, 0.6) is 0 Å². The third kappa shape index (κ3) is 2.78. The van der Waals surface area contributed by atoms with Crippen molar-refractivity contribution >= 4 is 6.09 Å². The lowest BCUT2D eigenvalue weighted by atomic mass is 10.0. The summed E-state index contributed by atoms with van der Waals surface area (Å²) in [4.78, 5) is 10.7. The summed E-state index contributed by atoms with van der Waals surface area (Å²) in [6, 6.07) is 0. The number of rotatable bonds is 2. The number of alkyl carbamates (subject to hydrolysis) is 1. The van der Waals surface area contributed by atoms with Crippen molar-refractivity contribution in [1.29, 1.82) is 0 Å². The lowest BCUT2D eigenvalue weighted by molar-refractivity contribution is 0.137. The Labute approximate surface area is 72.1 Å². The molecule has 1 aliphatic rings. The highest BCUT2D eigenvalue weighted by Crippen LogP contribution is 2.11. The molecule has 1 amide bonds. The Morgan fingerprint density at radius 2 is 2.50 bits per heavy atom. The van der Waals surface area contributed by atoms with Crippen LogP contribution in [0, 0.1) is 5.92 Å². The van der Waals surface area contributed by atoms with E-state index in [9.17, 15) is 4.79 Å². The van der Waals surface area contributed by atoms with Gasteiger partial charge in [0.15, 0.2) is 0 Å². The zero-order chi connectivity index (χ0) is 8.81. The van der Waals surface area contributed by atoms with Crippen LogP contribution >= 0.6 is 0 Å². The third-order valence-corrected chi connectivity index (χ3v) is 1.70. The highest BCUT2D eigenvalue weighted by atomic mass is 16.5. The summed E-state index contributed by atoms with van der Waals surface area (Å²) < 4.78 is 4.90. The molecule has 0 fully saturated rings. The summed E-state index contributed by atoms with van der Waals surface area (Å²) in [7, 11) is 1.55. The Kier molecular flexibility index (Phi) is 3.38. The zero-order valence-corrected chi connectivity index (χ0v) is 7.12. The SMILES string of the molecule is CNC(=O)OCC1C=CC=CC1. The molecule has 1 unspecified atom stereocenters. The monoisotopic (exact) mass is 167 g/mol. The fourth-order valence-corrected chi connectivity index (χ4v) is 1.01. The number of ether oxygens (including phenoxy) is 1. The molecule has 1 rings (SSSR count). The quantitative estimate of drug-likeness (QED) is 0.676. The van der Waals surface area contributed by atoms with Crippen LogP contribution in [-0.2, 0) is 4.74 Å². The maximum absolute atomic E-state index is 10.7. The van der Waals surface area contributed by atoms with Crippen molar-refractivity contribution in [2.24, 2.45) is 5.92 Å². The van der Waals surface area contributed by atoms with Crippen LogP contribution in [0.1, 0.15) is 6.42 Å². The van der Waals surface area contributed by atoms with Gasteiger partial charge in [0.1, 0.15) is 0 Å². The van der Waals surface area contributed by atoms with Gasteiger partial charge in [0.2, 0.25) is 0 Å². The number of amides is 1. The molecule has 0 saturated heterocycles. The first kappa shape index (κ1) is 8.84. The fraction of sp³-hybridized carbons (Fsp3) is 0.444. The molecule has 0 aromatic rings. The van der Waals surface area contributed by atoms with Gasteiger partial charge in [0.05, 0.1) is 6.61 Å². The third-order valence-electron chi connectivity index (χ3n) is 1.70. The Morgan fingerprint density at radius 3 is 3.08 bits per heavy atom. The average Bonchev–Trinajstić information content (AvgIpc) is 2.16. The highest BCUT2D eigenvalue weighted by Gasteiger charge is 2.07. The number of carbonyl (C=O) groups is 1. The molecule has 1 atom stereocenters. The Bertz CT molecular complexity index is 209. The van der Waals surface area contributed by atoms with Crippen molar-refractivity contribution in [2.75, 3.05) is 13.7 Å². The van der Waals surface area contributed by atoms with E-state index in [1.54, 1.807) is 7.05 Å². The molecule has 0 aromatic carbocycles. The van der Waals surface area contributed by atoms with Gasteiger partial charge in [-0.1, -0.05) is 24.3 Å². The van der Waals surface area contributed by atoms with Crippen LogP contribution < -0.4 is 5.32 Å². The van der Waals surface area contributed by atoms with E-state index in [-0.39, 0.29) is 6.09 Å². The second-order valence-electron chi connectivity index (χ2n) is 2.66. The van der Waals surface area contributed by atoms with Crippen LogP contribution in [0.3, 0.4) is 0 Å².